The maximum absolute atomic E-state index is 10.5. The molecule has 0 aliphatic heterocycles. The number of aryl methyl sites for hydroxylation is 1. The Morgan fingerprint density at radius 2 is 1.79 bits per heavy atom. The Hall–Kier alpha value is -2.03. The zero-order valence-electron chi connectivity index (χ0n) is 15.3. The number of hydrogen-bond donors (Lipinski definition) is 2. The third-order valence-electron chi connectivity index (χ3n) is 4.64. The molecule has 0 radical (unpaired) electrons. The van der Waals surface area contributed by atoms with Crippen LogP contribution in [-0.2, 0) is 5.41 Å². The number of rotatable bonds is 7. The summed E-state index contributed by atoms with van der Waals surface area (Å²) in [6.07, 6.45) is 5.78. The van der Waals surface area contributed by atoms with Crippen molar-refractivity contribution in [2.75, 3.05) is 0 Å². The Kier molecular flexibility index (Phi) is 5.87. The highest BCUT2D eigenvalue weighted by Gasteiger charge is 2.25. The molecule has 0 spiro atoms. The number of nitrogens with zero attached hydrogens (tertiary/aromatic N) is 1. The largest absolute Gasteiger partial charge is 0.507 e. The van der Waals surface area contributed by atoms with Crippen LogP contribution < -0.4 is 0 Å². The average molecular weight is 327 g/mol. The first-order valence-corrected chi connectivity index (χ1v) is 8.85. The molecule has 130 valence electrons. The van der Waals surface area contributed by atoms with Crippen molar-refractivity contribution in [3.8, 4) is 22.8 Å². The molecule has 0 aliphatic rings. The summed E-state index contributed by atoms with van der Waals surface area (Å²) in [6.45, 7) is 8.42. The Bertz CT molecular complexity index is 669. The summed E-state index contributed by atoms with van der Waals surface area (Å²) in [6, 6.07) is 9.41. The molecule has 1 heterocycles. The van der Waals surface area contributed by atoms with Crippen molar-refractivity contribution in [1.29, 1.82) is 0 Å². The number of hydrogen-bond acceptors (Lipinski definition) is 3. The fourth-order valence-electron chi connectivity index (χ4n) is 3.06. The van der Waals surface area contributed by atoms with Crippen LogP contribution in [-0.4, -0.2) is 15.2 Å². The lowest BCUT2D eigenvalue weighted by Crippen LogP contribution is -2.19. The van der Waals surface area contributed by atoms with Crippen LogP contribution >= 0.6 is 0 Å². The molecular weight excluding hydrogens is 298 g/mol. The van der Waals surface area contributed by atoms with Crippen molar-refractivity contribution in [2.24, 2.45) is 0 Å². The fraction of sp³-hybridized carbons (Fsp3) is 0.476. The molecule has 1 aromatic heterocycles. The number of aromatic nitrogens is 1. The first kappa shape index (κ1) is 18.3. The number of benzene rings is 1. The Labute approximate surface area is 145 Å². The van der Waals surface area contributed by atoms with Crippen molar-refractivity contribution >= 4 is 0 Å². The molecule has 2 N–H and O–H groups in total. The molecule has 0 atom stereocenters. The fourth-order valence-corrected chi connectivity index (χ4v) is 3.06. The van der Waals surface area contributed by atoms with Crippen molar-refractivity contribution in [1.82, 2.24) is 4.98 Å². The molecule has 0 unspecified atom stereocenters. The van der Waals surface area contributed by atoms with Crippen LogP contribution in [0.1, 0.15) is 64.1 Å². The zero-order valence-corrected chi connectivity index (χ0v) is 15.3. The lowest BCUT2D eigenvalue weighted by atomic mass is 9.82. The number of aromatic hydroxyl groups is 2. The maximum atomic E-state index is 10.5. The average Bonchev–Trinajstić information content (AvgIpc) is 2.51. The van der Waals surface area contributed by atoms with Gasteiger partial charge in [-0.2, -0.15) is 0 Å². The quantitative estimate of drug-likeness (QED) is 0.640. The van der Waals surface area contributed by atoms with Gasteiger partial charge in [0.2, 0.25) is 5.88 Å². The van der Waals surface area contributed by atoms with E-state index in [0.29, 0.717) is 5.56 Å². The van der Waals surface area contributed by atoms with E-state index in [9.17, 15) is 10.2 Å². The van der Waals surface area contributed by atoms with Gasteiger partial charge in [-0.1, -0.05) is 76.3 Å². The second kappa shape index (κ2) is 7.69. The summed E-state index contributed by atoms with van der Waals surface area (Å²) in [4.78, 5) is 4.41. The molecular formula is C21H29NO2. The second-order valence-corrected chi connectivity index (χ2v) is 7.29. The molecule has 2 aromatic rings. The summed E-state index contributed by atoms with van der Waals surface area (Å²) in [5.74, 6) is -0.0121. The van der Waals surface area contributed by atoms with E-state index in [0.717, 1.165) is 29.7 Å². The third-order valence-corrected chi connectivity index (χ3v) is 4.64. The van der Waals surface area contributed by atoms with Crippen molar-refractivity contribution in [2.45, 2.75) is 65.2 Å². The summed E-state index contributed by atoms with van der Waals surface area (Å²) in [5.41, 5.74) is 2.83. The predicted octanol–water partition coefficient (Wildman–Crippen LogP) is 5.72. The SMILES string of the molecule is CCCCCCC(C)(C)c1cc(O)c(-c2cccc(C)c2)c(O)n1. The molecule has 2 rings (SSSR count). The minimum atomic E-state index is -0.173. The Morgan fingerprint density at radius 3 is 2.42 bits per heavy atom. The van der Waals surface area contributed by atoms with Crippen LogP contribution in [0.3, 0.4) is 0 Å². The van der Waals surface area contributed by atoms with Crippen molar-refractivity contribution in [3.63, 3.8) is 0 Å². The summed E-state index contributed by atoms with van der Waals surface area (Å²) in [5, 5.41) is 20.9. The maximum Gasteiger partial charge on any atom is 0.222 e. The number of unbranched alkanes of at least 4 members (excludes halogenated alkanes) is 3. The van der Waals surface area contributed by atoms with Gasteiger partial charge >= 0.3 is 0 Å². The van der Waals surface area contributed by atoms with Crippen molar-refractivity contribution < 1.29 is 10.2 Å². The van der Waals surface area contributed by atoms with Crippen LogP contribution in [0.4, 0.5) is 0 Å². The normalized spacial score (nSPS) is 11.7. The zero-order chi connectivity index (χ0) is 17.7. The van der Waals surface area contributed by atoms with E-state index in [4.69, 9.17) is 0 Å². The Morgan fingerprint density at radius 1 is 1.04 bits per heavy atom. The highest BCUT2D eigenvalue weighted by atomic mass is 16.3. The molecule has 24 heavy (non-hydrogen) atoms. The first-order valence-electron chi connectivity index (χ1n) is 8.85. The minimum Gasteiger partial charge on any atom is -0.507 e. The molecule has 3 heteroatoms. The van der Waals surface area contributed by atoms with Gasteiger partial charge < -0.3 is 10.2 Å². The minimum absolute atomic E-state index is 0.0877. The molecule has 3 nitrogen and oxygen atoms in total. The van der Waals surface area contributed by atoms with Crippen LogP contribution in [0.25, 0.3) is 11.1 Å². The molecule has 0 saturated heterocycles. The van der Waals surface area contributed by atoms with Gasteiger partial charge in [0, 0.05) is 11.5 Å². The molecule has 0 saturated carbocycles. The highest BCUT2D eigenvalue weighted by Crippen LogP contribution is 2.40. The van der Waals surface area contributed by atoms with E-state index in [1.54, 1.807) is 6.07 Å². The summed E-state index contributed by atoms with van der Waals surface area (Å²) in [7, 11) is 0. The smallest absolute Gasteiger partial charge is 0.222 e. The van der Waals surface area contributed by atoms with Crippen LogP contribution in [0.15, 0.2) is 30.3 Å². The van der Waals surface area contributed by atoms with E-state index in [1.165, 1.54) is 19.3 Å². The third kappa shape index (κ3) is 4.28. The van der Waals surface area contributed by atoms with E-state index < -0.39 is 0 Å². The first-order chi connectivity index (χ1) is 11.3. The van der Waals surface area contributed by atoms with E-state index in [-0.39, 0.29) is 17.0 Å². The van der Waals surface area contributed by atoms with Crippen LogP contribution in [0, 0.1) is 6.92 Å². The van der Waals surface area contributed by atoms with Crippen molar-refractivity contribution in [3.05, 3.63) is 41.6 Å². The standard InChI is InChI=1S/C21H29NO2/c1-5-6-7-8-12-21(3,4)18-14-17(23)19(20(24)22-18)16-11-9-10-15(2)13-16/h9-11,13-14H,5-8,12H2,1-4H3,(H2,22,23,24). The van der Waals surface area contributed by atoms with Gasteiger partial charge in [-0.15, -0.1) is 0 Å². The van der Waals surface area contributed by atoms with Crippen LogP contribution in [0.5, 0.6) is 11.6 Å². The van der Waals surface area contributed by atoms with Gasteiger partial charge in [0.15, 0.2) is 0 Å². The summed E-state index contributed by atoms with van der Waals surface area (Å²) >= 11 is 0. The monoisotopic (exact) mass is 327 g/mol. The van der Waals surface area contributed by atoms with Gasteiger partial charge in [0.05, 0.1) is 11.3 Å². The van der Waals surface area contributed by atoms with Gasteiger partial charge in [0.25, 0.3) is 0 Å². The predicted molar refractivity (Wildman–Crippen MR) is 99.5 cm³/mol. The molecule has 1 aromatic carbocycles. The lowest BCUT2D eigenvalue weighted by Gasteiger charge is -2.25. The molecule has 0 fully saturated rings. The molecule has 0 bridgehead atoms. The highest BCUT2D eigenvalue weighted by molar-refractivity contribution is 5.75. The van der Waals surface area contributed by atoms with E-state index in [2.05, 4.69) is 25.8 Å². The molecule has 0 amide bonds. The van der Waals surface area contributed by atoms with Crippen LogP contribution in [0.2, 0.25) is 0 Å². The molecule has 0 aliphatic carbocycles. The van der Waals surface area contributed by atoms with Gasteiger partial charge in [0.1, 0.15) is 5.75 Å². The number of pyridine rings is 1. The van der Waals surface area contributed by atoms with Gasteiger partial charge in [-0.05, 0) is 18.9 Å². The summed E-state index contributed by atoms with van der Waals surface area (Å²) < 4.78 is 0. The van der Waals surface area contributed by atoms with Gasteiger partial charge in [-0.3, -0.25) is 0 Å². The van der Waals surface area contributed by atoms with E-state index in [1.807, 2.05) is 31.2 Å². The lowest BCUT2D eigenvalue weighted by molar-refractivity contribution is 0.402. The Balaban J connectivity index is 2.29. The van der Waals surface area contributed by atoms with E-state index >= 15 is 0 Å². The second-order valence-electron chi connectivity index (χ2n) is 7.29. The topological polar surface area (TPSA) is 53.4 Å². The van der Waals surface area contributed by atoms with Gasteiger partial charge in [-0.25, -0.2) is 4.98 Å².